The van der Waals surface area contributed by atoms with Gasteiger partial charge in [0.1, 0.15) is 35.9 Å². The van der Waals surface area contributed by atoms with Crippen molar-refractivity contribution in [2.45, 2.75) is 180 Å². The molecule has 1 aromatic heterocycles. The van der Waals surface area contributed by atoms with Gasteiger partial charge < -0.3 is 48.1 Å². The smallest absolute Gasteiger partial charge is 0.329 e. The van der Waals surface area contributed by atoms with E-state index in [-0.39, 0.29) is 55.6 Å². The zero-order valence-corrected chi connectivity index (χ0v) is 42.6. The van der Waals surface area contributed by atoms with Gasteiger partial charge in [0.25, 0.3) is 11.7 Å². The number of aliphatic hydroxyl groups excluding tert-OH is 1. The molecule has 1 amide bonds. The molecule has 4 aliphatic rings. The summed E-state index contributed by atoms with van der Waals surface area (Å²) in [4.78, 5) is 58.8. The number of benzene rings is 1. The molecule has 14 unspecified atom stereocenters. The maximum absolute atomic E-state index is 14.6. The Bertz CT molecular complexity index is 2160. The number of ketones is 2. The van der Waals surface area contributed by atoms with Crippen molar-refractivity contribution in [1.29, 1.82) is 0 Å². The SMILES string of the molecule is C=CCC1C=C(C)CC(C)CC(OC)C2OC(O)(C(=O)C(=O)N3CCCCC3C(=O)OC(C(C)=CC3CCC(Oc4ccc5c(ccn5CCC)c4)C(OC)C3)C(C)C(O)CC1=O)C(C)CC2OC. The number of carbonyl (C=O) groups is 4. The molecule has 2 bridgehead atoms. The standard InChI is InChI=1S/C55H80N2O12/c1-11-15-40-26-33(3)25-34(4)27-48(65-9)51-49(66-10)29-36(6)55(63,69-51)52(60)53(61)57-23-14-13-16-43(57)54(62)68-50(37(7)44(58)32-45(40)59)35(5)28-38-17-20-46(47(30-38)64-8)67-41-18-19-42-39(31-41)21-24-56(42)22-12-2/h11,18-19,21,24,26,28,31,34,36-38,40,43-44,46-51,58,63H,1,12-17,20,22-23,25,27,29-30,32H2,2-10H3. The van der Waals surface area contributed by atoms with Crippen LogP contribution in [0.3, 0.4) is 0 Å². The molecule has 14 atom stereocenters. The summed E-state index contributed by atoms with van der Waals surface area (Å²) in [5, 5.41) is 25.2. The van der Waals surface area contributed by atoms with E-state index in [4.69, 9.17) is 28.4 Å². The minimum atomic E-state index is -2.52. The second kappa shape index (κ2) is 24.3. The lowest BCUT2D eigenvalue weighted by atomic mass is 9.81. The lowest BCUT2D eigenvalue weighted by Gasteiger charge is -2.47. The van der Waals surface area contributed by atoms with Crippen molar-refractivity contribution in [2.24, 2.45) is 29.6 Å². The lowest BCUT2D eigenvalue weighted by molar-refractivity contribution is -0.302. The van der Waals surface area contributed by atoms with Crippen molar-refractivity contribution >= 4 is 34.3 Å². The van der Waals surface area contributed by atoms with Crippen LogP contribution in [-0.2, 0) is 49.4 Å². The van der Waals surface area contributed by atoms with E-state index in [0.29, 0.717) is 50.5 Å². The molecule has 0 radical (unpaired) electrons. The molecule has 2 N–H and O–H groups in total. The normalized spacial score (nSPS) is 35.2. The minimum Gasteiger partial charge on any atom is -0.488 e. The Kier molecular flexibility index (Phi) is 19.1. The van der Waals surface area contributed by atoms with Gasteiger partial charge in [-0.15, -0.1) is 6.58 Å². The summed E-state index contributed by atoms with van der Waals surface area (Å²) >= 11 is 0. The van der Waals surface area contributed by atoms with Gasteiger partial charge in [0, 0.05) is 75.7 Å². The first kappa shape index (κ1) is 54.2. The molecule has 1 aromatic carbocycles. The van der Waals surface area contributed by atoms with E-state index in [0.717, 1.165) is 36.1 Å². The second-order valence-electron chi connectivity index (χ2n) is 20.6. The van der Waals surface area contributed by atoms with Crippen LogP contribution in [0.2, 0.25) is 0 Å². The van der Waals surface area contributed by atoms with Crippen LogP contribution in [0.15, 0.2) is 66.4 Å². The molecule has 382 valence electrons. The predicted molar refractivity (Wildman–Crippen MR) is 263 cm³/mol. The average molecular weight is 961 g/mol. The van der Waals surface area contributed by atoms with Gasteiger partial charge in [-0.3, -0.25) is 14.4 Å². The number of cyclic esters (lactones) is 1. The highest BCUT2D eigenvalue weighted by Crippen LogP contribution is 2.40. The van der Waals surface area contributed by atoms with Crippen LogP contribution in [0, 0.1) is 29.6 Å². The quantitative estimate of drug-likeness (QED) is 0.126. The van der Waals surface area contributed by atoms with Gasteiger partial charge in [0.15, 0.2) is 0 Å². The van der Waals surface area contributed by atoms with Crippen molar-refractivity contribution in [3.63, 3.8) is 0 Å². The number of carbonyl (C=O) groups excluding carboxylic acids is 4. The van der Waals surface area contributed by atoms with Gasteiger partial charge in [-0.05, 0) is 126 Å². The first-order valence-electron chi connectivity index (χ1n) is 25.4. The predicted octanol–water partition coefficient (Wildman–Crippen LogP) is 8.09. The van der Waals surface area contributed by atoms with Crippen molar-refractivity contribution in [2.75, 3.05) is 27.9 Å². The number of hydrogen-bond donors (Lipinski definition) is 2. The summed E-state index contributed by atoms with van der Waals surface area (Å²) < 4.78 is 39.4. The number of hydrogen-bond acceptors (Lipinski definition) is 12. The van der Waals surface area contributed by atoms with Crippen LogP contribution < -0.4 is 4.74 Å². The van der Waals surface area contributed by atoms with Crippen molar-refractivity contribution in [1.82, 2.24) is 9.47 Å². The molecule has 2 aromatic rings. The Hall–Kier alpha value is -4.18. The number of piperidine rings is 1. The Labute approximate surface area is 409 Å². The molecule has 1 aliphatic carbocycles. The Morgan fingerprint density at radius 3 is 2.35 bits per heavy atom. The van der Waals surface area contributed by atoms with Crippen LogP contribution in [0.4, 0.5) is 0 Å². The number of esters is 1. The topological polar surface area (TPSA) is 172 Å². The van der Waals surface area contributed by atoms with E-state index in [1.165, 1.54) is 24.6 Å². The minimum absolute atomic E-state index is 0.00462. The second-order valence-corrected chi connectivity index (χ2v) is 20.6. The number of amides is 1. The first-order valence-corrected chi connectivity index (χ1v) is 25.4. The third-order valence-corrected chi connectivity index (χ3v) is 15.3. The highest BCUT2D eigenvalue weighted by Gasteiger charge is 2.56. The molecule has 14 heteroatoms. The van der Waals surface area contributed by atoms with E-state index in [1.807, 2.05) is 26.0 Å². The number of aromatic nitrogens is 1. The van der Waals surface area contributed by atoms with Crippen molar-refractivity contribution in [3.8, 4) is 5.75 Å². The maximum atomic E-state index is 14.6. The summed E-state index contributed by atoms with van der Waals surface area (Å²) in [6.07, 6.45) is 9.04. The molecule has 14 nitrogen and oxygen atoms in total. The van der Waals surface area contributed by atoms with E-state index < -0.39 is 77.8 Å². The van der Waals surface area contributed by atoms with E-state index in [2.05, 4.69) is 55.5 Å². The summed E-state index contributed by atoms with van der Waals surface area (Å²) in [6.45, 7) is 16.4. The summed E-state index contributed by atoms with van der Waals surface area (Å²) in [5.74, 6) is -6.96. The third kappa shape index (κ3) is 12.7. The van der Waals surface area contributed by atoms with Crippen LogP contribution in [-0.4, -0.2) is 126 Å². The van der Waals surface area contributed by atoms with Crippen molar-refractivity contribution < 1.29 is 57.8 Å². The zero-order chi connectivity index (χ0) is 50.2. The average Bonchev–Trinajstić information content (AvgIpc) is 3.73. The Balaban J connectivity index is 1.30. The Morgan fingerprint density at radius 2 is 1.65 bits per heavy atom. The number of nitrogens with zero attached hydrogens (tertiary/aromatic N) is 2. The number of aliphatic hydroxyl groups is 2. The monoisotopic (exact) mass is 961 g/mol. The van der Waals surface area contributed by atoms with Gasteiger partial charge in [-0.25, -0.2) is 4.79 Å². The molecule has 3 fully saturated rings. The maximum Gasteiger partial charge on any atom is 0.329 e. The molecule has 69 heavy (non-hydrogen) atoms. The van der Waals surface area contributed by atoms with Gasteiger partial charge in [-0.1, -0.05) is 51.5 Å². The summed E-state index contributed by atoms with van der Waals surface area (Å²) in [7, 11) is 4.76. The highest BCUT2D eigenvalue weighted by atomic mass is 16.7. The number of aryl methyl sites for hydroxylation is 1. The molecule has 4 heterocycles. The van der Waals surface area contributed by atoms with Gasteiger partial charge in [0.2, 0.25) is 5.79 Å². The van der Waals surface area contributed by atoms with Gasteiger partial charge in [0.05, 0.1) is 24.4 Å². The van der Waals surface area contributed by atoms with Crippen LogP contribution >= 0.6 is 0 Å². The number of ether oxygens (including phenoxy) is 6. The molecule has 0 spiro atoms. The van der Waals surface area contributed by atoms with Crippen LogP contribution in [0.1, 0.15) is 119 Å². The molecular weight excluding hydrogens is 881 g/mol. The largest absolute Gasteiger partial charge is 0.488 e. The molecule has 6 rings (SSSR count). The van der Waals surface area contributed by atoms with Crippen LogP contribution in [0.5, 0.6) is 5.75 Å². The molecule has 3 aliphatic heterocycles. The number of fused-ring (bicyclic) bond motifs is 4. The fourth-order valence-corrected chi connectivity index (χ4v) is 11.4. The van der Waals surface area contributed by atoms with Gasteiger partial charge in [-0.2, -0.15) is 0 Å². The summed E-state index contributed by atoms with van der Waals surface area (Å²) in [5.41, 5.74) is 2.81. The molecule has 2 saturated heterocycles. The Morgan fingerprint density at radius 1 is 0.928 bits per heavy atom. The molecule has 1 saturated carbocycles. The number of rotatable bonds is 11. The zero-order valence-electron chi connectivity index (χ0n) is 42.6. The summed E-state index contributed by atoms with van der Waals surface area (Å²) in [6, 6.07) is 7.14. The molecular formula is C55H80N2O12. The lowest BCUT2D eigenvalue weighted by Crippen LogP contribution is -2.64. The van der Waals surface area contributed by atoms with E-state index in [1.54, 1.807) is 27.0 Å². The number of allylic oxidation sites excluding steroid dienone is 4. The fraction of sp³-hybridized carbons (Fsp3) is 0.673. The van der Waals surface area contributed by atoms with E-state index in [9.17, 15) is 29.4 Å². The number of methoxy groups -OCH3 is 3. The highest BCUT2D eigenvalue weighted by molar-refractivity contribution is 6.39. The third-order valence-electron chi connectivity index (χ3n) is 15.3. The van der Waals surface area contributed by atoms with Crippen molar-refractivity contribution in [3.05, 3.63) is 66.4 Å². The van der Waals surface area contributed by atoms with Crippen LogP contribution in [0.25, 0.3) is 10.9 Å². The number of Topliss-reactive ketones (excluding diaryl/α,β-unsaturated/α-hetero) is 2. The van der Waals surface area contributed by atoms with Gasteiger partial charge >= 0.3 is 5.97 Å². The van der Waals surface area contributed by atoms with E-state index >= 15 is 0 Å². The first-order chi connectivity index (χ1) is 33.0. The fourth-order valence-electron chi connectivity index (χ4n) is 11.4.